The normalized spacial score (nSPS) is 15.8. The van der Waals surface area contributed by atoms with Crippen molar-refractivity contribution in [3.05, 3.63) is 74.2 Å². The van der Waals surface area contributed by atoms with Crippen LogP contribution in [-0.4, -0.2) is 38.2 Å². The van der Waals surface area contributed by atoms with Gasteiger partial charge in [-0.3, -0.25) is 9.36 Å². The Kier molecular flexibility index (Phi) is 7.03. The second kappa shape index (κ2) is 9.97. The standard InChI is InChI=1S/C24H25N7OS.ClH/c1-16-28-19(14-33-16)13-30-15-27-21-20(10-25)23(29-9-5-8-18(26)12-29)31(22(21)24(30)32)11-17-6-3-2-4-7-17;/h2-4,6-7,14-15,18H,5,8-9,11-13,26H2,1H3;1H/t18-;/m0./s1. The Morgan fingerprint density at radius 2 is 2.06 bits per heavy atom. The molecule has 4 heterocycles. The number of piperidine rings is 1. The van der Waals surface area contributed by atoms with Gasteiger partial charge in [0.2, 0.25) is 0 Å². The molecule has 176 valence electrons. The molecule has 3 aromatic heterocycles. The van der Waals surface area contributed by atoms with E-state index in [1.165, 1.54) is 6.33 Å². The van der Waals surface area contributed by atoms with Crippen molar-refractivity contribution in [1.29, 1.82) is 5.26 Å². The number of aryl methyl sites for hydroxylation is 1. The lowest BCUT2D eigenvalue weighted by Crippen LogP contribution is -2.44. The van der Waals surface area contributed by atoms with Crippen molar-refractivity contribution in [1.82, 2.24) is 19.1 Å². The molecule has 0 bridgehead atoms. The van der Waals surface area contributed by atoms with Gasteiger partial charge in [-0.25, -0.2) is 9.97 Å². The topological polar surface area (TPSA) is 106 Å². The average molecular weight is 496 g/mol. The average Bonchev–Trinajstić information content (AvgIpc) is 3.37. The summed E-state index contributed by atoms with van der Waals surface area (Å²) < 4.78 is 3.53. The molecule has 1 fully saturated rings. The summed E-state index contributed by atoms with van der Waals surface area (Å²) in [6.45, 7) is 4.19. The maximum atomic E-state index is 13.7. The third-order valence-electron chi connectivity index (χ3n) is 6.05. The molecule has 1 saturated heterocycles. The molecule has 0 unspecified atom stereocenters. The van der Waals surface area contributed by atoms with Crippen LogP contribution < -0.4 is 16.2 Å². The monoisotopic (exact) mass is 495 g/mol. The third-order valence-corrected chi connectivity index (χ3v) is 6.87. The summed E-state index contributed by atoms with van der Waals surface area (Å²) in [5.74, 6) is 0.735. The number of hydrogen-bond acceptors (Lipinski definition) is 7. The summed E-state index contributed by atoms with van der Waals surface area (Å²) in [4.78, 5) is 24.9. The van der Waals surface area contributed by atoms with Gasteiger partial charge in [0.25, 0.3) is 5.56 Å². The molecule has 0 radical (unpaired) electrons. The molecule has 0 saturated carbocycles. The number of nitrogens with two attached hydrogens (primary N) is 1. The zero-order valence-corrected chi connectivity index (χ0v) is 20.5. The van der Waals surface area contributed by atoms with Crippen LogP contribution in [0.5, 0.6) is 0 Å². The van der Waals surface area contributed by atoms with Crippen molar-refractivity contribution in [2.75, 3.05) is 18.0 Å². The van der Waals surface area contributed by atoms with Gasteiger partial charge in [-0.05, 0) is 25.3 Å². The Bertz CT molecular complexity index is 1400. The highest BCUT2D eigenvalue weighted by atomic mass is 35.5. The van der Waals surface area contributed by atoms with E-state index in [2.05, 4.69) is 20.9 Å². The van der Waals surface area contributed by atoms with Gasteiger partial charge in [0.1, 0.15) is 28.5 Å². The molecule has 5 rings (SSSR count). The number of nitrogens with zero attached hydrogens (tertiary/aromatic N) is 6. The van der Waals surface area contributed by atoms with Crippen molar-refractivity contribution in [2.45, 2.75) is 38.9 Å². The van der Waals surface area contributed by atoms with E-state index in [0.717, 1.165) is 41.5 Å². The Labute approximate surface area is 207 Å². The minimum atomic E-state index is -0.175. The summed E-state index contributed by atoms with van der Waals surface area (Å²) in [6, 6.07) is 12.3. The van der Waals surface area contributed by atoms with Crippen LogP contribution in [0.3, 0.4) is 0 Å². The SMILES string of the molecule is Cc1nc(Cn2cnc3c(C#N)c(N4CCC[C@H](N)C4)n(Cc4ccccc4)c3c2=O)cs1.Cl. The van der Waals surface area contributed by atoms with E-state index in [1.54, 1.807) is 15.9 Å². The fourth-order valence-electron chi connectivity index (χ4n) is 4.57. The molecule has 0 amide bonds. The number of halogens is 1. The highest BCUT2D eigenvalue weighted by Crippen LogP contribution is 2.32. The van der Waals surface area contributed by atoms with Crippen LogP contribution in [0.4, 0.5) is 5.82 Å². The Morgan fingerprint density at radius 3 is 2.74 bits per heavy atom. The molecule has 8 nitrogen and oxygen atoms in total. The molecular weight excluding hydrogens is 470 g/mol. The smallest absolute Gasteiger partial charge is 0.278 e. The first-order valence-electron chi connectivity index (χ1n) is 11.0. The van der Waals surface area contributed by atoms with E-state index in [4.69, 9.17) is 5.73 Å². The van der Waals surface area contributed by atoms with Crippen LogP contribution >= 0.6 is 23.7 Å². The van der Waals surface area contributed by atoms with Crippen molar-refractivity contribution in [3.63, 3.8) is 0 Å². The fraction of sp³-hybridized carbons (Fsp3) is 0.333. The zero-order valence-electron chi connectivity index (χ0n) is 18.8. The highest BCUT2D eigenvalue weighted by Gasteiger charge is 2.28. The number of thiazole rings is 1. The van der Waals surface area contributed by atoms with E-state index in [9.17, 15) is 10.1 Å². The summed E-state index contributed by atoms with van der Waals surface area (Å²) >= 11 is 1.55. The summed E-state index contributed by atoms with van der Waals surface area (Å²) in [5.41, 5.74) is 9.29. The lowest BCUT2D eigenvalue weighted by Gasteiger charge is -2.33. The second-order valence-electron chi connectivity index (χ2n) is 8.46. The Balaban J connectivity index is 0.00000274. The zero-order chi connectivity index (χ0) is 22.9. The van der Waals surface area contributed by atoms with Crippen molar-refractivity contribution >= 4 is 40.6 Å². The first kappa shape index (κ1) is 24.0. The van der Waals surface area contributed by atoms with Crippen LogP contribution in [-0.2, 0) is 13.1 Å². The lowest BCUT2D eigenvalue weighted by molar-refractivity contribution is 0.498. The van der Waals surface area contributed by atoms with Gasteiger partial charge in [-0.1, -0.05) is 30.3 Å². The van der Waals surface area contributed by atoms with E-state index >= 15 is 0 Å². The maximum Gasteiger partial charge on any atom is 0.278 e. The van der Waals surface area contributed by atoms with Gasteiger partial charge < -0.3 is 15.2 Å². The number of aromatic nitrogens is 4. The quantitative estimate of drug-likeness (QED) is 0.455. The van der Waals surface area contributed by atoms with Crippen LogP contribution in [0.25, 0.3) is 11.0 Å². The summed E-state index contributed by atoms with van der Waals surface area (Å²) in [6.07, 6.45) is 3.42. The molecule has 1 aliphatic heterocycles. The number of rotatable bonds is 5. The molecule has 1 atom stereocenters. The molecule has 4 aromatic rings. The van der Waals surface area contributed by atoms with E-state index in [-0.39, 0.29) is 24.0 Å². The molecule has 1 aliphatic rings. The molecule has 10 heteroatoms. The number of hydrogen-bond donors (Lipinski definition) is 1. The van der Waals surface area contributed by atoms with Crippen molar-refractivity contribution in [3.8, 4) is 6.07 Å². The number of fused-ring (bicyclic) bond motifs is 1. The van der Waals surface area contributed by atoms with Gasteiger partial charge in [0, 0.05) is 31.1 Å². The third kappa shape index (κ3) is 4.44. The van der Waals surface area contributed by atoms with Crippen LogP contribution in [0.1, 0.15) is 34.7 Å². The fourth-order valence-corrected chi connectivity index (χ4v) is 5.18. The lowest BCUT2D eigenvalue weighted by atomic mass is 10.1. The maximum absolute atomic E-state index is 13.7. The predicted molar refractivity (Wildman–Crippen MR) is 137 cm³/mol. The van der Waals surface area contributed by atoms with Gasteiger partial charge in [0.15, 0.2) is 0 Å². The number of nitriles is 1. The Hall–Kier alpha value is -3.19. The molecule has 0 spiro atoms. The van der Waals surface area contributed by atoms with E-state index in [0.29, 0.717) is 36.2 Å². The van der Waals surface area contributed by atoms with Crippen molar-refractivity contribution < 1.29 is 0 Å². The minimum absolute atomic E-state index is 0. The van der Waals surface area contributed by atoms with Gasteiger partial charge in [-0.15, -0.1) is 23.7 Å². The summed E-state index contributed by atoms with van der Waals surface area (Å²) in [7, 11) is 0. The first-order chi connectivity index (χ1) is 16.0. The molecule has 34 heavy (non-hydrogen) atoms. The first-order valence-corrected chi connectivity index (χ1v) is 11.9. The van der Waals surface area contributed by atoms with Crippen LogP contribution in [0.2, 0.25) is 0 Å². The number of anilines is 1. The predicted octanol–water partition coefficient (Wildman–Crippen LogP) is 3.28. The van der Waals surface area contributed by atoms with Crippen molar-refractivity contribution in [2.24, 2.45) is 5.73 Å². The van der Waals surface area contributed by atoms with E-state index in [1.807, 2.05) is 47.2 Å². The van der Waals surface area contributed by atoms with Crippen LogP contribution in [0, 0.1) is 18.3 Å². The summed E-state index contributed by atoms with van der Waals surface area (Å²) in [5, 5.41) is 13.0. The Morgan fingerprint density at radius 1 is 1.26 bits per heavy atom. The number of benzene rings is 1. The highest BCUT2D eigenvalue weighted by molar-refractivity contribution is 7.09. The largest absolute Gasteiger partial charge is 0.355 e. The van der Waals surface area contributed by atoms with Crippen LogP contribution in [0.15, 0.2) is 46.8 Å². The second-order valence-corrected chi connectivity index (χ2v) is 9.53. The molecular formula is C24H26ClN7OS. The van der Waals surface area contributed by atoms with Gasteiger partial charge >= 0.3 is 0 Å². The van der Waals surface area contributed by atoms with E-state index < -0.39 is 0 Å². The van der Waals surface area contributed by atoms with Gasteiger partial charge in [-0.2, -0.15) is 5.26 Å². The molecule has 1 aromatic carbocycles. The van der Waals surface area contributed by atoms with Gasteiger partial charge in [0.05, 0.1) is 23.6 Å². The minimum Gasteiger partial charge on any atom is -0.355 e. The molecule has 0 aliphatic carbocycles. The molecule has 2 N–H and O–H groups in total.